The summed E-state index contributed by atoms with van der Waals surface area (Å²) in [6.45, 7) is 3.27. The van der Waals surface area contributed by atoms with Crippen LogP contribution in [-0.2, 0) is 0 Å². The van der Waals surface area contributed by atoms with Gasteiger partial charge in [-0.3, -0.25) is 4.79 Å². The smallest absolute Gasteiger partial charge is 0.322 e. The molecule has 0 saturated carbocycles. The van der Waals surface area contributed by atoms with Crippen LogP contribution in [0.15, 0.2) is 42.5 Å². The predicted molar refractivity (Wildman–Crippen MR) is 126 cm³/mol. The Hall–Kier alpha value is -3.86. The molecule has 0 bridgehead atoms. The topological polar surface area (TPSA) is 115 Å². The third-order valence-electron chi connectivity index (χ3n) is 5.48. The van der Waals surface area contributed by atoms with Crippen molar-refractivity contribution >= 4 is 34.6 Å². The fraction of sp³-hybridized carbons (Fsp3) is 0.304. The van der Waals surface area contributed by atoms with E-state index in [2.05, 4.69) is 20.8 Å². The van der Waals surface area contributed by atoms with E-state index in [0.29, 0.717) is 41.0 Å². The number of amides is 3. The maximum absolute atomic E-state index is 12.9. The Kier molecular flexibility index (Phi) is 6.17. The summed E-state index contributed by atoms with van der Waals surface area (Å²) < 4.78 is 16.1. The number of carbonyl (C=O) groups is 2. The van der Waals surface area contributed by atoms with E-state index in [-0.39, 0.29) is 29.8 Å². The van der Waals surface area contributed by atoms with Crippen molar-refractivity contribution < 1.29 is 23.8 Å². The summed E-state index contributed by atoms with van der Waals surface area (Å²) >= 11 is 1.19. The average Bonchev–Trinajstić information content (AvgIpc) is 3.60. The second-order valence-corrected chi connectivity index (χ2v) is 8.72. The van der Waals surface area contributed by atoms with Gasteiger partial charge in [0, 0.05) is 24.0 Å². The number of nitrogens with zero attached hydrogens (tertiary/aromatic N) is 3. The van der Waals surface area contributed by atoms with Crippen molar-refractivity contribution in [3.63, 3.8) is 0 Å². The van der Waals surface area contributed by atoms with Crippen LogP contribution in [0.3, 0.4) is 0 Å². The van der Waals surface area contributed by atoms with Crippen LogP contribution in [0.2, 0.25) is 0 Å². The molecular formula is C23H23N5O5S. The van der Waals surface area contributed by atoms with Crippen LogP contribution < -0.4 is 24.8 Å². The number of aromatic nitrogens is 2. The van der Waals surface area contributed by atoms with Gasteiger partial charge >= 0.3 is 6.03 Å². The summed E-state index contributed by atoms with van der Waals surface area (Å²) in [6.07, 6.45) is 1.61. The maximum atomic E-state index is 12.9. The van der Waals surface area contributed by atoms with Gasteiger partial charge in [-0.15, -0.1) is 10.2 Å². The molecule has 34 heavy (non-hydrogen) atoms. The molecule has 3 heterocycles. The molecule has 1 saturated heterocycles. The van der Waals surface area contributed by atoms with E-state index in [1.165, 1.54) is 11.3 Å². The van der Waals surface area contributed by atoms with Crippen LogP contribution in [0.1, 0.15) is 40.6 Å². The summed E-state index contributed by atoms with van der Waals surface area (Å²) in [5, 5.41) is 14.9. The number of carbonyl (C=O) groups excluding carboxylic acids is 2. The zero-order chi connectivity index (χ0) is 23.5. The second kappa shape index (κ2) is 9.56. The lowest BCUT2D eigenvalue weighted by Crippen LogP contribution is -2.34. The Bertz CT molecular complexity index is 1200. The van der Waals surface area contributed by atoms with E-state index in [1.54, 1.807) is 35.2 Å². The Morgan fingerprint density at radius 2 is 1.88 bits per heavy atom. The molecular weight excluding hydrogens is 458 g/mol. The molecule has 2 aliphatic rings. The lowest BCUT2D eigenvalue weighted by atomic mass is 10.2. The third-order valence-corrected chi connectivity index (χ3v) is 6.50. The standard InChI is InChI=1S/C23H23N5O5S/c1-2-31-16-8-5-14(6-9-16)25-23(30)28-11-3-4-17(28)21-26-27-22(34-21)20(29)24-15-7-10-18-19(12-15)33-13-32-18/h5-10,12,17H,2-4,11,13H2,1H3,(H,24,29)(H,25,30)/t17-/m0/s1. The lowest BCUT2D eigenvalue weighted by molar-refractivity contribution is 0.102. The van der Waals surface area contributed by atoms with E-state index in [0.717, 1.165) is 18.6 Å². The Morgan fingerprint density at radius 3 is 2.71 bits per heavy atom. The second-order valence-electron chi connectivity index (χ2n) is 7.71. The molecule has 11 heteroatoms. The van der Waals surface area contributed by atoms with Gasteiger partial charge in [-0.2, -0.15) is 0 Å². The van der Waals surface area contributed by atoms with Gasteiger partial charge < -0.3 is 29.7 Å². The third kappa shape index (κ3) is 4.60. The Morgan fingerprint density at radius 1 is 1.09 bits per heavy atom. The SMILES string of the molecule is CCOc1ccc(NC(=O)N2CCC[C@H]2c2nnc(C(=O)Nc3ccc4c(c3)OCO4)s2)cc1. The number of ether oxygens (including phenoxy) is 3. The molecule has 0 radical (unpaired) electrons. The van der Waals surface area contributed by atoms with Crippen molar-refractivity contribution in [3.8, 4) is 17.2 Å². The monoisotopic (exact) mass is 481 g/mol. The quantitative estimate of drug-likeness (QED) is 0.540. The summed E-state index contributed by atoms with van der Waals surface area (Å²) in [5.41, 5.74) is 1.25. The fourth-order valence-electron chi connectivity index (χ4n) is 3.88. The predicted octanol–water partition coefficient (Wildman–Crippen LogP) is 4.29. The number of nitrogens with one attached hydrogen (secondary N) is 2. The number of fused-ring (bicyclic) bond motifs is 1. The molecule has 2 aromatic carbocycles. The molecule has 5 rings (SSSR count). The minimum absolute atomic E-state index is 0.163. The molecule has 2 aliphatic heterocycles. The Labute approximate surface area is 199 Å². The first-order valence-corrected chi connectivity index (χ1v) is 11.8. The lowest BCUT2D eigenvalue weighted by Gasteiger charge is -2.23. The molecule has 176 valence electrons. The van der Waals surface area contributed by atoms with Gasteiger partial charge in [0.1, 0.15) is 10.8 Å². The van der Waals surface area contributed by atoms with Gasteiger partial charge in [0.25, 0.3) is 5.91 Å². The van der Waals surface area contributed by atoms with Crippen molar-refractivity contribution in [2.24, 2.45) is 0 Å². The van der Waals surface area contributed by atoms with Crippen LogP contribution >= 0.6 is 11.3 Å². The minimum Gasteiger partial charge on any atom is -0.494 e. The molecule has 2 N–H and O–H groups in total. The fourth-order valence-corrected chi connectivity index (χ4v) is 4.77. The summed E-state index contributed by atoms with van der Waals surface area (Å²) in [7, 11) is 0. The highest BCUT2D eigenvalue weighted by molar-refractivity contribution is 7.13. The normalized spacial score (nSPS) is 16.4. The molecule has 0 spiro atoms. The van der Waals surface area contributed by atoms with E-state index in [1.807, 2.05) is 19.1 Å². The van der Waals surface area contributed by atoms with E-state index in [9.17, 15) is 9.59 Å². The zero-order valence-corrected chi connectivity index (χ0v) is 19.3. The van der Waals surface area contributed by atoms with E-state index >= 15 is 0 Å². The van der Waals surface area contributed by atoms with Gasteiger partial charge in [-0.1, -0.05) is 11.3 Å². The Balaban J connectivity index is 1.23. The van der Waals surface area contributed by atoms with Crippen LogP contribution in [0, 0.1) is 0 Å². The summed E-state index contributed by atoms with van der Waals surface area (Å²) in [4.78, 5) is 27.3. The molecule has 3 amide bonds. The van der Waals surface area contributed by atoms with E-state index in [4.69, 9.17) is 14.2 Å². The largest absolute Gasteiger partial charge is 0.494 e. The zero-order valence-electron chi connectivity index (χ0n) is 18.4. The molecule has 1 atom stereocenters. The van der Waals surface area contributed by atoms with Gasteiger partial charge in [0.15, 0.2) is 11.5 Å². The highest BCUT2D eigenvalue weighted by Gasteiger charge is 2.33. The molecule has 1 fully saturated rings. The summed E-state index contributed by atoms with van der Waals surface area (Å²) in [6, 6.07) is 12.0. The summed E-state index contributed by atoms with van der Waals surface area (Å²) in [5.74, 6) is 1.60. The number of hydrogen-bond donors (Lipinski definition) is 2. The number of benzene rings is 2. The van der Waals surface area contributed by atoms with Gasteiger partial charge in [0.05, 0.1) is 12.6 Å². The van der Waals surface area contributed by atoms with Crippen molar-refractivity contribution in [2.75, 3.05) is 30.6 Å². The van der Waals surface area contributed by atoms with Gasteiger partial charge in [0.2, 0.25) is 11.8 Å². The number of urea groups is 1. The first kappa shape index (κ1) is 22.0. The number of hydrogen-bond acceptors (Lipinski definition) is 8. The van der Waals surface area contributed by atoms with Crippen LogP contribution in [0.4, 0.5) is 16.2 Å². The molecule has 0 aliphatic carbocycles. The van der Waals surface area contributed by atoms with Crippen LogP contribution in [0.25, 0.3) is 0 Å². The first-order valence-electron chi connectivity index (χ1n) is 11.0. The minimum atomic E-state index is -0.369. The van der Waals surface area contributed by atoms with Crippen molar-refractivity contribution in [2.45, 2.75) is 25.8 Å². The van der Waals surface area contributed by atoms with Crippen molar-refractivity contribution in [1.29, 1.82) is 0 Å². The number of anilines is 2. The van der Waals surface area contributed by atoms with Crippen molar-refractivity contribution in [3.05, 3.63) is 52.5 Å². The maximum Gasteiger partial charge on any atom is 0.322 e. The number of rotatable bonds is 6. The number of likely N-dealkylation sites (tertiary alicyclic amines) is 1. The molecule has 1 aromatic heterocycles. The highest BCUT2D eigenvalue weighted by atomic mass is 32.1. The van der Waals surface area contributed by atoms with E-state index < -0.39 is 0 Å². The van der Waals surface area contributed by atoms with Gasteiger partial charge in [-0.05, 0) is 56.2 Å². The van der Waals surface area contributed by atoms with Crippen LogP contribution in [-0.4, -0.2) is 47.0 Å². The van der Waals surface area contributed by atoms with Crippen molar-refractivity contribution in [1.82, 2.24) is 15.1 Å². The molecule has 3 aromatic rings. The van der Waals surface area contributed by atoms with Crippen LogP contribution in [0.5, 0.6) is 17.2 Å². The molecule has 10 nitrogen and oxygen atoms in total. The van der Waals surface area contributed by atoms with Gasteiger partial charge in [-0.25, -0.2) is 4.79 Å². The average molecular weight is 482 g/mol. The molecule has 0 unspecified atom stereocenters. The first-order chi connectivity index (χ1) is 16.6. The highest BCUT2D eigenvalue weighted by Crippen LogP contribution is 2.36.